The molecule has 15 heavy (non-hydrogen) atoms. The second-order valence-corrected chi connectivity index (χ2v) is 3.99. The second kappa shape index (κ2) is 3.12. The molecule has 0 saturated carbocycles. The zero-order chi connectivity index (χ0) is 11.1. The number of nitrogens with zero attached hydrogens (tertiary/aromatic N) is 1. The highest BCUT2D eigenvalue weighted by atomic mass is 16.5. The van der Waals surface area contributed by atoms with Crippen LogP contribution in [0.2, 0.25) is 0 Å². The lowest BCUT2D eigenvalue weighted by Crippen LogP contribution is -2.17. The van der Waals surface area contributed by atoms with Crippen molar-refractivity contribution in [3.05, 3.63) is 23.7 Å². The van der Waals surface area contributed by atoms with Gasteiger partial charge in [0.25, 0.3) is 5.90 Å². The first kappa shape index (κ1) is 9.76. The van der Waals surface area contributed by atoms with E-state index >= 15 is 0 Å². The van der Waals surface area contributed by atoms with Crippen LogP contribution in [0.5, 0.6) is 0 Å². The van der Waals surface area contributed by atoms with Gasteiger partial charge in [-0.05, 0) is 19.9 Å². The molecule has 1 aliphatic rings. The van der Waals surface area contributed by atoms with Crippen molar-refractivity contribution in [3.8, 4) is 0 Å². The molecule has 0 spiro atoms. The molecule has 0 bridgehead atoms. The van der Waals surface area contributed by atoms with E-state index in [9.17, 15) is 4.79 Å². The van der Waals surface area contributed by atoms with Gasteiger partial charge in [-0.1, -0.05) is 0 Å². The van der Waals surface area contributed by atoms with Gasteiger partial charge in [-0.2, -0.15) is 0 Å². The summed E-state index contributed by atoms with van der Waals surface area (Å²) in [6.45, 7) is 4.24. The fraction of sp³-hybridized carbons (Fsp3) is 0.400. The molecule has 80 valence electrons. The third-order valence-electron chi connectivity index (χ3n) is 2.06. The molecule has 0 aliphatic carbocycles. The summed E-state index contributed by atoms with van der Waals surface area (Å²) in [6, 6.07) is 1.38. The summed E-state index contributed by atoms with van der Waals surface area (Å²) < 4.78 is 10.4. The average Bonchev–Trinajstić information content (AvgIpc) is 2.69. The Morgan fingerprint density at radius 2 is 2.33 bits per heavy atom. The second-order valence-electron chi connectivity index (χ2n) is 3.99. The Labute approximate surface area is 86.4 Å². The highest BCUT2D eigenvalue weighted by Gasteiger charge is 2.31. The lowest BCUT2D eigenvalue weighted by atomic mass is 10.1. The summed E-state index contributed by atoms with van der Waals surface area (Å²) in [5.74, 6) is -0.592. The molecule has 0 aromatic carbocycles. The summed E-state index contributed by atoms with van der Waals surface area (Å²) in [5, 5.41) is 8.87. The smallest absolute Gasteiger partial charge is 0.339 e. The molecule has 5 nitrogen and oxygen atoms in total. The molecule has 1 N–H and O–H groups in total. The predicted octanol–water partition coefficient (Wildman–Crippen LogP) is 1.53. The first-order valence-electron chi connectivity index (χ1n) is 4.53. The van der Waals surface area contributed by atoms with Crippen LogP contribution in [0.3, 0.4) is 0 Å². The quantitative estimate of drug-likeness (QED) is 0.801. The Kier molecular flexibility index (Phi) is 2.03. The van der Waals surface area contributed by atoms with Crippen LogP contribution in [-0.4, -0.2) is 29.1 Å². The minimum absolute atomic E-state index is 0.0754. The number of carbonyl (C=O) groups is 1. The van der Waals surface area contributed by atoms with E-state index in [0.717, 1.165) is 0 Å². The van der Waals surface area contributed by atoms with Crippen LogP contribution in [0.25, 0.3) is 0 Å². The molecule has 1 aromatic heterocycles. The number of aliphatic imine (C=N–C) groups is 1. The highest BCUT2D eigenvalue weighted by molar-refractivity contribution is 6.03. The number of rotatable bonds is 2. The number of ether oxygens (including phenoxy) is 1. The van der Waals surface area contributed by atoms with Crippen LogP contribution in [0.15, 0.2) is 21.7 Å². The number of furan rings is 1. The van der Waals surface area contributed by atoms with Crippen LogP contribution in [0.1, 0.15) is 30.0 Å². The van der Waals surface area contributed by atoms with E-state index in [0.29, 0.717) is 6.61 Å². The van der Waals surface area contributed by atoms with E-state index in [1.807, 2.05) is 13.8 Å². The average molecular weight is 209 g/mol. The monoisotopic (exact) mass is 209 g/mol. The van der Waals surface area contributed by atoms with Crippen molar-refractivity contribution in [2.45, 2.75) is 19.4 Å². The molecule has 0 radical (unpaired) electrons. The van der Waals surface area contributed by atoms with Gasteiger partial charge in [-0.15, -0.1) is 0 Å². The number of carboxylic acid groups (broad SMARTS) is 1. The summed E-state index contributed by atoms with van der Waals surface area (Å²) in [6.07, 6.45) is 1.32. The van der Waals surface area contributed by atoms with E-state index in [2.05, 4.69) is 4.99 Å². The van der Waals surface area contributed by atoms with Gasteiger partial charge in [0.2, 0.25) is 5.76 Å². The van der Waals surface area contributed by atoms with Crippen LogP contribution in [0, 0.1) is 0 Å². The van der Waals surface area contributed by atoms with Gasteiger partial charge in [0.15, 0.2) is 0 Å². The number of carboxylic acids is 1. The fourth-order valence-electron chi connectivity index (χ4n) is 1.34. The molecule has 2 rings (SSSR count). The van der Waals surface area contributed by atoms with Gasteiger partial charge >= 0.3 is 5.97 Å². The standard InChI is InChI=1S/C10H11NO4/c1-10(2)5-15-8(11-10)7-6(9(12)13)3-4-14-7/h3-4H,5H2,1-2H3,(H,12,13). The summed E-state index contributed by atoms with van der Waals surface area (Å²) >= 11 is 0. The Bertz CT molecular complexity index is 430. The van der Waals surface area contributed by atoms with Crippen LogP contribution in [0.4, 0.5) is 0 Å². The molecule has 0 atom stereocenters. The molecule has 5 heteroatoms. The van der Waals surface area contributed by atoms with Gasteiger partial charge in [-0.25, -0.2) is 9.79 Å². The molecule has 1 aromatic rings. The summed E-state index contributed by atoms with van der Waals surface area (Å²) in [7, 11) is 0. The first-order valence-corrected chi connectivity index (χ1v) is 4.53. The Balaban J connectivity index is 2.39. The molecule has 0 amide bonds. The van der Waals surface area contributed by atoms with Crippen molar-refractivity contribution in [1.29, 1.82) is 0 Å². The fourth-order valence-corrected chi connectivity index (χ4v) is 1.34. The Hall–Kier alpha value is -1.78. The normalized spacial score (nSPS) is 18.4. The Morgan fingerprint density at radius 1 is 1.60 bits per heavy atom. The van der Waals surface area contributed by atoms with Gasteiger partial charge in [0.1, 0.15) is 12.2 Å². The largest absolute Gasteiger partial charge is 0.478 e. The molecular weight excluding hydrogens is 198 g/mol. The van der Waals surface area contributed by atoms with E-state index in [-0.39, 0.29) is 22.8 Å². The van der Waals surface area contributed by atoms with Crippen molar-refractivity contribution in [3.63, 3.8) is 0 Å². The highest BCUT2D eigenvalue weighted by Crippen LogP contribution is 2.23. The number of aromatic carboxylic acids is 1. The summed E-state index contributed by atoms with van der Waals surface area (Å²) in [5.41, 5.74) is -0.246. The minimum Gasteiger partial charge on any atom is -0.478 e. The van der Waals surface area contributed by atoms with Gasteiger partial charge in [0, 0.05) is 0 Å². The van der Waals surface area contributed by atoms with Crippen molar-refractivity contribution in [2.75, 3.05) is 6.61 Å². The van der Waals surface area contributed by atoms with Crippen LogP contribution < -0.4 is 0 Å². The Morgan fingerprint density at radius 3 is 2.87 bits per heavy atom. The van der Waals surface area contributed by atoms with Crippen LogP contribution in [-0.2, 0) is 4.74 Å². The molecule has 0 saturated heterocycles. The van der Waals surface area contributed by atoms with Crippen molar-refractivity contribution < 1.29 is 19.1 Å². The molecule has 0 fully saturated rings. The maximum absolute atomic E-state index is 10.8. The lowest BCUT2D eigenvalue weighted by molar-refractivity contribution is 0.0695. The third kappa shape index (κ3) is 1.72. The minimum atomic E-state index is -1.05. The molecule has 2 heterocycles. The lowest BCUT2D eigenvalue weighted by Gasteiger charge is -2.07. The van der Waals surface area contributed by atoms with E-state index in [1.165, 1.54) is 12.3 Å². The zero-order valence-corrected chi connectivity index (χ0v) is 8.48. The van der Waals surface area contributed by atoms with E-state index in [4.69, 9.17) is 14.3 Å². The number of hydrogen-bond acceptors (Lipinski definition) is 4. The SMILES string of the molecule is CC1(C)COC(c2occc2C(=O)O)=N1. The molecular formula is C10H11NO4. The van der Waals surface area contributed by atoms with Crippen molar-refractivity contribution in [1.82, 2.24) is 0 Å². The first-order chi connectivity index (χ1) is 6.99. The predicted molar refractivity (Wildman–Crippen MR) is 52.2 cm³/mol. The molecule has 0 unspecified atom stereocenters. The third-order valence-corrected chi connectivity index (χ3v) is 2.06. The van der Waals surface area contributed by atoms with Crippen molar-refractivity contribution in [2.24, 2.45) is 4.99 Å². The van der Waals surface area contributed by atoms with E-state index in [1.54, 1.807) is 0 Å². The van der Waals surface area contributed by atoms with Crippen molar-refractivity contribution >= 4 is 11.9 Å². The molecule has 1 aliphatic heterocycles. The zero-order valence-electron chi connectivity index (χ0n) is 8.48. The van der Waals surface area contributed by atoms with Gasteiger partial charge in [-0.3, -0.25) is 0 Å². The topological polar surface area (TPSA) is 72.0 Å². The van der Waals surface area contributed by atoms with Gasteiger partial charge in [0.05, 0.1) is 11.8 Å². The maximum Gasteiger partial charge on any atom is 0.339 e. The maximum atomic E-state index is 10.8. The van der Waals surface area contributed by atoms with Gasteiger partial charge < -0.3 is 14.3 Å². The van der Waals surface area contributed by atoms with E-state index < -0.39 is 5.97 Å². The summed E-state index contributed by atoms with van der Waals surface area (Å²) in [4.78, 5) is 15.1. The van der Waals surface area contributed by atoms with Crippen LogP contribution >= 0.6 is 0 Å². The number of hydrogen-bond donors (Lipinski definition) is 1.